The van der Waals surface area contributed by atoms with E-state index in [-0.39, 0.29) is 11.9 Å². The van der Waals surface area contributed by atoms with Gasteiger partial charge in [0.2, 0.25) is 0 Å². The first-order chi connectivity index (χ1) is 8.19. The molecule has 1 aliphatic rings. The average molecular weight is 238 g/mol. The van der Waals surface area contributed by atoms with Crippen LogP contribution in [0.25, 0.3) is 0 Å². The van der Waals surface area contributed by atoms with E-state index in [2.05, 4.69) is 10.3 Å². The molecule has 0 aliphatic heterocycles. The van der Waals surface area contributed by atoms with Crippen molar-refractivity contribution in [2.45, 2.75) is 44.9 Å². The average Bonchev–Trinajstić information content (AvgIpc) is 2.27. The number of pyridine rings is 1. The number of halogens is 1. The molecular formula is C13H19FN2O. The van der Waals surface area contributed by atoms with Gasteiger partial charge in [0.1, 0.15) is 5.82 Å². The number of hydrogen-bond acceptors (Lipinski definition) is 3. The van der Waals surface area contributed by atoms with E-state index in [9.17, 15) is 4.39 Å². The molecule has 1 aromatic heterocycles. The highest BCUT2D eigenvalue weighted by atomic mass is 19.1. The maximum atomic E-state index is 12.7. The second kappa shape index (κ2) is 5.56. The van der Waals surface area contributed by atoms with Gasteiger partial charge in [0, 0.05) is 18.7 Å². The highest BCUT2D eigenvalue weighted by Gasteiger charge is 2.30. The minimum atomic E-state index is -0.291. The molecule has 1 saturated carbocycles. The monoisotopic (exact) mass is 238 g/mol. The van der Waals surface area contributed by atoms with Gasteiger partial charge in [-0.3, -0.25) is 4.98 Å². The molecule has 0 spiro atoms. The number of hydrogen-bond donors (Lipinski definition) is 1. The van der Waals surface area contributed by atoms with Crippen LogP contribution in [0, 0.1) is 5.82 Å². The van der Waals surface area contributed by atoms with Gasteiger partial charge in [0.15, 0.2) is 0 Å². The normalized spacial score (nSPS) is 25.4. The standard InChI is InChI=1S/C13H19FN2O/c1-3-17-12-6-11(7-12)16-9(2)13-5-4-10(14)8-15-13/h4-5,8-9,11-12,16H,3,6-7H2,1-2H3. The zero-order chi connectivity index (χ0) is 12.3. The van der Waals surface area contributed by atoms with Crippen LogP contribution in [0.3, 0.4) is 0 Å². The molecule has 0 radical (unpaired) electrons. The van der Waals surface area contributed by atoms with Gasteiger partial charge >= 0.3 is 0 Å². The van der Waals surface area contributed by atoms with Gasteiger partial charge in [-0.15, -0.1) is 0 Å². The molecule has 1 N–H and O–H groups in total. The molecule has 1 heterocycles. The van der Waals surface area contributed by atoms with Gasteiger partial charge in [0.05, 0.1) is 18.0 Å². The fraction of sp³-hybridized carbons (Fsp3) is 0.615. The Morgan fingerprint density at radius 2 is 2.29 bits per heavy atom. The molecule has 0 bridgehead atoms. The molecule has 1 unspecified atom stereocenters. The van der Waals surface area contributed by atoms with E-state index in [1.807, 2.05) is 13.8 Å². The van der Waals surface area contributed by atoms with Crippen molar-refractivity contribution in [3.05, 3.63) is 29.8 Å². The van der Waals surface area contributed by atoms with Gasteiger partial charge in [-0.05, 0) is 38.8 Å². The van der Waals surface area contributed by atoms with Crippen molar-refractivity contribution in [1.29, 1.82) is 0 Å². The van der Waals surface area contributed by atoms with Crippen molar-refractivity contribution in [1.82, 2.24) is 10.3 Å². The fourth-order valence-electron chi connectivity index (χ4n) is 2.16. The third-order valence-corrected chi connectivity index (χ3v) is 3.18. The third kappa shape index (κ3) is 3.23. The van der Waals surface area contributed by atoms with Crippen LogP contribution in [0.2, 0.25) is 0 Å². The lowest BCUT2D eigenvalue weighted by atomic mass is 9.88. The van der Waals surface area contributed by atoms with Crippen LogP contribution in [0.1, 0.15) is 38.4 Å². The predicted molar refractivity (Wildman–Crippen MR) is 64.2 cm³/mol. The van der Waals surface area contributed by atoms with E-state index < -0.39 is 0 Å². The summed E-state index contributed by atoms with van der Waals surface area (Å²) in [6.07, 6.45) is 3.78. The minimum absolute atomic E-state index is 0.156. The van der Waals surface area contributed by atoms with E-state index in [1.165, 1.54) is 12.3 Å². The molecule has 0 aromatic carbocycles. The Balaban J connectivity index is 1.78. The summed E-state index contributed by atoms with van der Waals surface area (Å²) in [5, 5.41) is 3.48. The van der Waals surface area contributed by atoms with Crippen molar-refractivity contribution >= 4 is 0 Å². The van der Waals surface area contributed by atoms with Crippen molar-refractivity contribution < 1.29 is 9.13 Å². The molecule has 1 aromatic rings. The Bertz CT molecular complexity index is 349. The van der Waals surface area contributed by atoms with Gasteiger partial charge in [-0.2, -0.15) is 0 Å². The van der Waals surface area contributed by atoms with Gasteiger partial charge in [0.25, 0.3) is 0 Å². The van der Waals surface area contributed by atoms with Crippen LogP contribution in [0.15, 0.2) is 18.3 Å². The molecule has 94 valence electrons. The summed E-state index contributed by atoms with van der Waals surface area (Å²) in [4.78, 5) is 4.08. The lowest BCUT2D eigenvalue weighted by Gasteiger charge is -2.37. The Morgan fingerprint density at radius 1 is 1.53 bits per heavy atom. The van der Waals surface area contributed by atoms with Crippen LogP contribution in [-0.4, -0.2) is 23.7 Å². The molecule has 1 fully saturated rings. The zero-order valence-electron chi connectivity index (χ0n) is 10.3. The van der Waals surface area contributed by atoms with Crippen LogP contribution < -0.4 is 5.32 Å². The first-order valence-electron chi connectivity index (χ1n) is 6.18. The predicted octanol–water partition coefficient (Wildman–Crippen LogP) is 2.44. The van der Waals surface area contributed by atoms with Crippen LogP contribution in [0.5, 0.6) is 0 Å². The Kier molecular flexibility index (Phi) is 4.07. The largest absolute Gasteiger partial charge is 0.378 e. The second-order valence-electron chi connectivity index (χ2n) is 4.54. The number of aromatic nitrogens is 1. The smallest absolute Gasteiger partial charge is 0.141 e. The molecule has 3 nitrogen and oxygen atoms in total. The summed E-state index contributed by atoms with van der Waals surface area (Å²) < 4.78 is 18.2. The van der Waals surface area contributed by atoms with Crippen LogP contribution in [-0.2, 0) is 4.74 Å². The lowest BCUT2D eigenvalue weighted by Crippen LogP contribution is -2.46. The highest BCUT2D eigenvalue weighted by molar-refractivity contribution is 5.09. The van der Waals surface area contributed by atoms with Crippen LogP contribution >= 0.6 is 0 Å². The SMILES string of the molecule is CCOC1CC(NC(C)c2ccc(F)cn2)C1. The summed E-state index contributed by atoms with van der Waals surface area (Å²) in [7, 11) is 0. The fourth-order valence-corrected chi connectivity index (χ4v) is 2.16. The van der Waals surface area contributed by atoms with Crippen molar-refractivity contribution in [3.63, 3.8) is 0 Å². The number of ether oxygens (including phenoxy) is 1. The summed E-state index contributed by atoms with van der Waals surface area (Å²) in [5.41, 5.74) is 0.881. The second-order valence-corrected chi connectivity index (χ2v) is 4.54. The number of nitrogens with zero attached hydrogens (tertiary/aromatic N) is 1. The molecule has 1 atom stereocenters. The van der Waals surface area contributed by atoms with E-state index in [0.29, 0.717) is 12.1 Å². The third-order valence-electron chi connectivity index (χ3n) is 3.18. The molecule has 0 amide bonds. The molecule has 1 aliphatic carbocycles. The molecule has 0 saturated heterocycles. The topological polar surface area (TPSA) is 34.1 Å². The number of rotatable bonds is 5. The van der Waals surface area contributed by atoms with Crippen molar-refractivity contribution in [2.75, 3.05) is 6.61 Å². The first kappa shape index (κ1) is 12.5. The van der Waals surface area contributed by atoms with Crippen molar-refractivity contribution in [3.8, 4) is 0 Å². The lowest BCUT2D eigenvalue weighted by molar-refractivity contribution is -0.0121. The van der Waals surface area contributed by atoms with E-state index in [1.54, 1.807) is 6.07 Å². The quantitative estimate of drug-likeness (QED) is 0.855. The van der Waals surface area contributed by atoms with Gasteiger partial charge in [-0.1, -0.05) is 0 Å². The van der Waals surface area contributed by atoms with E-state index in [4.69, 9.17) is 4.74 Å². The Hall–Kier alpha value is -1.00. The van der Waals surface area contributed by atoms with Gasteiger partial charge < -0.3 is 10.1 Å². The maximum Gasteiger partial charge on any atom is 0.141 e. The van der Waals surface area contributed by atoms with E-state index in [0.717, 1.165) is 25.1 Å². The number of nitrogens with one attached hydrogen (secondary N) is 1. The Labute approximate surface area is 101 Å². The molecule has 2 rings (SSSR count). The van der Waals surface area contributed by atoms with Crippen LogP contribution in [0.4, 0.5) is 4.39 Å². The molecular weight excluding hydrogens is 219 g/mol. The molecule has 4 heteroatoms. The zero-order valence-corrected chi connectivity index (χ0v) is 10.3. The molecule has 17 heavy (non-hydrogen) atoms. The van der Waals surface area contributed by atoms with Crippen molar-refractivity contribution in [2.24, 2.45) is 0 Å². The first-order valence-corrected chi connectivity index (χ1v) is 6.18. The Morgan fingerprint density at radius 3 is 2.88 bits per heavy atom. The summed E-state index contributed by atoms with van der Waals surface area (Å²) in [6, 6.07) is 3.83. The summed E-state index contributed by atoms with van der Waals surface area (Å²) in [5.74, 6) is -0.291. The minimum Gasteiger partial charge on any atom is -0.378 e. The summed E-state index contributed by atoms with van der Waals surface area (Å²) >= 11 is 0. The maximum absolute atomic E-state index is 12.7. The summed E-state index contributed by atoms with van der Waals surface area (Å²) in [6.45, 7) is 4.85. The van der Waals surface area contributed by atoms with E-state index >= 15 is 0 Å². The van der Waals surface area contributed by atoms with Gasteiger partial charge in [-0.25, -0.2) is 4.39 Å². The highest BCUT2D eigenvalue weighted by Crippen LogP contribution is 2.25.